The molecule has 7 rings (SSSR count). The molecule has 3 aromatic heterocycles. The summed E-state index contributed by atoms with van der Waals surface area (Å²) in [7, 11) is -1.58. The summed E-state index contributed by atoms with van der Waals surface area (Å²) in [6.45, 7) is 0.949. The van der Waals surface area contributed by atoms with E-state index in [-0.39, 0.29) is 22.2 Å². The van der Waals surface area contributed by atoms with Crippen molar-refractivity contribution in [3.05, 3.63) is 129 Å². The number of amides is 1. The Hall–Kier alpha value is -5.60. The molecule has 13 nitrogen and oxygen atoms in total. The van der Waals surface area contributed by atoms with Gasteiger partial charge >= 0.3 is 5.97 Å². The third kappa shape index (κ3) is 6.17. The van der Waals surface area contributed by atoms with Crippen LogP contribution in [-0.2, 0) is 26.6 Å². The number of sulfonamides is 1. The molecule has 2 atom stereocenters. The Labute approximate surface area is 304 Å². The van der Waals surface area contributed by atoms with Crippen molar-refractivity contribution in [2.45, 2.75) is 37.1 Å². The summed E-state index contributed by atoms with van der Waals surface area (Å²) in [6, 6.07) is 19.0. The van der Waals surface area contributed by atoms with Gasteiger partial charge in [0, 0.05) is 20.0 Å². The van der Waals surface area contributed by atoms with Crippen molar-refractivity contribution in [2.24, 2.45) is 18.1 Å². The third-order valence-electron chi connectivity index (χ3n) is 9.42. The van der Waals surface area contributed by atoms with Gasteiger partial charge in [-0.2, -0.15) is 5.10 Å². The van der Waals surface area contributed by atoms with Gasteiger partial charge in [-0.05, 0) is 92.4 Å². The Morgan fingerprint density at radius 2 is 1.81 bits per heavy atom. The monoisotopic (exact) mass is 743 g/mol. The zero-order valence-corrected chi connectivity index (χ0v) is 30.0. The molecule has 15 heteroatoms. The zero-order valence-electron chi connectivity index (χ0n) is 28.4. The minimum absolute atomic E-state index is 0.0953. The largest absolute Gasteiger partial charge is 0.467 e. The van der Waals surface area contributed by atoms with Crippen LogP contribution in [0.15, 0.2) is 115 Å². The van der Waals surface area contributed by atoms with Crippen LogP contribution in [0, 0.1) is 12.8 Å². The normalized spacial score (nSPS) is 18.0. The first-order chi connectivity index (χ1) is 25.0. The topological polar surface area (TPSA) is 150 Å². The number of furan rings is 2. The average Bonchev–Trinajstić information content (AvgIpc) is 3.95. The van der Waals surface area contributed by atoms with Crippen molar-refractivity contribution >= 4 is 51.0 Å². The van der Waals surface area contributed by atoms with Crippen LogP contribution in [0.1, 0.15) is 52.9 Å². The van der Waals surface area contributed by atoms with Gasteiger partial charge in [-0.15, -0.1) is 0 Å². The minimum Gasteiger partial charge on any atom is -0.467 e. The highest BCUT2D eigenvalue weighted by Gasteiger charge is 2.45. The number of rotatable bonds is 9. The summed E-state index contributed by atoms with van der Waals surface area (Å²) >= 11 is 6.38. The lowest BCUT2D eigenvalue weighted by Gasteiger charge is -2.27. The second-order valence-corrected chi connectivity index (χ2v) is 14.8. The molecule has 1 amide bonds. The number of hydrogen-bond acceptors (Lipinski definition) is 9. The molecule has 1 fully saturated rings. The predicted molar refractivity (Wildman–Crippen MR) is 193 cm³/mol. The maximum Gasteiger partial charge on any atom is 0.338 e. The van der Waals surface area contributed by atoms with Gasteiger partial charge in [0.25, 0.3) is 21.5 Å². The van der Waals surface area contributed by atoms with Gasteiger partial charge in [0.1, 0.15) is 28.1 Å². The van der Waals surface area contributed by atoms with Gasteiger partial charge in [0.2, 0.25) is 0 Å². The Balaban J connectivity index is 1.12. The number of halogens is 1. The van der Waals surface area contributed by atoms with E-state index in [0.29, 0.717) is 22.9 Å². The number of carbonyl (C=O) groups excluding carboxylic acids is 2. The van der Waals surface area contributed by atoms with Crippen molar-refractivity contribution in [1.82, 2.24) is 14.4 Å². The molecule has 52 heavy (non-hydrogen) atoms. The van der Waals surface area contributed by atoms with Crippen LogP contribution in [0.2, 0.25) is 5.02 Å². The standard InChI is InChI=1S/C37H34ClN5O8S/c1-23-34(36(45)43(40(23)2)26-11-5-4-6-12-26)41(3)52(47,48)31-21-25(16-17-29(31)38)37(46)51-22-32(44)42-35(30-15-9-19-50-30)28-14-7-10-24(33(28)39-42)20-27-13-8-18-49-27/h4-6,8-9,11-13,15-21,28,35H,7,10,14,22H2,1-3H3/b24-20-. The van der Waals surface area contributed by atoms with E-state index in [0.717, 1.165) is 40.9 Å². The molecule has 2 aromatic carbocycles. The number of aromatic nitrogens is 2. The molecule has 5 aromatic rings. The maximum absolute atomic E-state index is 14.0. The Kier molecular flexibility index (Phi) is 9.27. The summed E-state index contributed by atoms with van der Waals surface area (Å²) in [4.78, 5) is 40.2. The Morgan fingerprint density at radius 1 is 1.06 bits per heavy atom. The van der Waals surface area contributed by atoms with Gasteiger partial charge in [0.15, 0.2) is 6.61 Å². The second kappa shape index (κ2) is 13.8. The molecule has 268 valence electrons. The molecular weight excluding hydrogens is 710 g/mol. The Morgan fingerprint density at radius 3 is 2.52 bits per heavy atom. The van der Waals surface area contributed by atoms with Crippen LogP contribution >= 0.6 is 11.6 Å². The molecule has 1 saturated carbocycles. The number of hydrogen-bond donors (Lipinski definition) is 0. The lowest BCUT2D eigenvalue weighted by Crippen LogP contribution is -2.34. The lowest BCUT2D eigenvalue weighted by molar-refractivity contribution is -0.137. The number of hydrazone groups is 1. The number of esters is 1. The van der Waals surface area contributed by atoms with Crippen LogP contribution in [0.25, 0.3) is 11.8 Å². The predicted octanol–water partition coefficient (Wildman–Crippen LogP) is 6.13. The van der Waals surface area contributed by atoms with Crippen molar-refractivity contribution in [2.75, 3.05) is 18.0 Å². The quantitative estimate of drug-likeness (QED) is 0.164. The van der Waals surface area contributed by atoms with Gasteiger partial charge in [0.05, 0.1) is 40.2 Å². The molecule has 2 unspecified atom stereocenters. The highest BCUT2D eigenvalue weighted by Crippen LogP contribution is 2.44. The van der Waals surface area contributed by atoms with Crippen molar-refractivity contribution in [3.63, 3.8) is 0 Å². The van der Waals surface area contributed by atoms with E-state index in [4.69, 9.17) is 30.3 Å². The van der Waals surface area contributed by atoms with E-state index in [1.165, 1.54) is 35.1 Å². The number of fused-ring (bicyclic) bond motifs is 1. The third-order valence-corrected chi connectivity index (χ3v) is 11.7. The van der Waals surface area contributed by atoms with E-state index in [2.05, 4.69) is 0 Å². The molecule has 4 heterocycles. The van der Waals surface area contributed by atoms with Crippen LogP contribution in [0.5, 0.6) is 0 Å². The summed E-state index contributed by atoms with van der Waals surface area (Å²) < 4.78 is 48.4. The number of nitrogens with zero attached hydrogens (tertiary/aromatic N) is 5. The molecule has 1 aliphatic heterocycles. The SMILES string of the molecule is Cc1c(N(C)S(=O)(=O)c2cc(C(=O)OCC(=O)N3N=C4/C(=C\c5ccco5)CCCC4C3c3ccco3)ccc2Cl)c(=O)n(-c2ccccc2)n1C. The minimum atomic E-state index is -4.47. The molecule has 0 N–H and O–H groups in total. The molecule has 2 aliphatic rings. The van der Waals surface area contributed by atoms with E-state index < -0.39 is 45.0 Å². The van der Waals surface area contributed by atoms with Crippen LogP contribution < -0.4 is 9.86 Å². The number of ether oxygens (including phenoxy) is 1. The van der Waals surface area contributed by atoms with E-state index in [1.54, 1.807) is 73.4 Å². The van der Waals surface area contributed by atoms with Crippen LogP contribution in [0.3, 0.4) is 0 Å². The highest BCUT2D eigenvalue weighted by molar-refractivity contribution is 7.93. The fourth-order valence-corrected chi connectivity index (χ4v) is 8.53. The number of para-hydroxylation sites is 1. The maximum atomic E-state index is 14.0. The summed E-state index contributed by atoms with van der Waals surface area (Å²) in [5.41, 5.74) is 1.79. The van der Waals surface area contributed by atoms with Gasteiger partial charge in [-0.1, -0.05) is 29.8 Å². The number of carbonyl (C=O) groups is 2. The summed E-state index contributed by atoms with van der Waals surface area (Å²) in [5, 5.41) is 5.84. The fourth-order valence-electron chi connectivity index (χ4n) is 6.78. The first-order valence-electron chi connectivity index (χ1n) is 16.5. The number of allylic oxidation sites excluding steroid dienone is 1. The second-order valence-electron chi connectivity index (χ2n) is 12.5. The van der Waals surface area contributed by atoms with Crippen molar-refractivity contribution in [3.8, 4) is 5.69 Å². The molecule has 0 radical (unpaired) electrons. The van der Waals surface area contributed by atoms with E-state index in [9.17, 15) is 22.8 Å². The van der Waals surface area contributed by atoms with Gasteiger partial charge < -0.3 is 13.6 Å². The number of benzene rings is 2. The van der Waals surface area contributed by atoms with Crippen molar-refractivity contribution in [1.29, 1.82) is 0 Å². The van der Waals surface area contributed by atoms with Crippen LogP contribution in [-0.4, -0.2) is 54.0 Å². The molecular formula is C37H34ClN5O8S. The average molecular weight is 744 g/mol. The Bertz CT molecular complexity index is 2380. The molecule has 0 spiro atoms. The van der Waals surface area contributed by atoms with E-state index in [1.807, 2.05) is 12.1 Å². The highest BCUT2D eigenvalue weighted by atomic mass is 35.5. The fraction of sp³-hybridized carbons (Fsp3) is 0.243. The van der Waals surface area contributed by atoms with E-state index >= 15 is 0 Å². The summed E-state index contributed by atoms with van der Waals surface area (Å²) in [6.07, 6.45) is 7.42. The summed E-state index contributed by atoms with van der Waals surface area (Å²) in [5.74, 6) is -0.478. The van der Waals surface area contributed by atoms with Crippen LogP contribution in [0.4, 0.5) is 5.69 Å². The first-order valence-corrected chi connectivity index (χ1v) is 18.3. The van der Waals surface area contributed by atoms with Crippen molar-refractivity contribution < 1.29 is 31.6 Å². The smallest absolute Gasteiger partial charge is 0.338 e. The molecule has 0 saturated heterocycles. The number of anilines is 1. The zero-order chi connectivity index (χ0) is 36.7. The molecule has 0 bridgehead atoms. The van der Waals surface area contributed by atoms with Gasteiger partial charge in [-0.3, -0.25) is 18.6 Å². The van der Waals surface area contributed by atoms with Gasteiger partial charge in [-0.25, -0.2) is 22.9 Å². The molecule has 1 aliphatic carbocycles. The first kappa shape index (κ1) is 34.8. The lowest BCUT2D eigenvalue weighted by atomic mass is 9.79.